The summed E-state index contributed by atoms with van der Waals surface area (Å²) in [4.78, 5) is 25.9. The standard InChI is InChI=1S/C41H52N2O6/c1-40(2)21-33-22-41(3,26-40)27-43(33)24-34-20-36(30-14-12-28(25-44)13-15-30)49-39(48-34)31-18-16-29(17-19-31)35-9-5-4-8-32(35)23-42-37(45)10-6-7-11-38(46)47/h4-5,8-9,12-19,33-34,36,39,44H,6-7,10-11,20-27H2,1-3H3,(H,42,45)(H,46,47)/t33?,34-,36+,39+,41?/m1/s1. The molecule has 1 aliphatic carbocycles. The van der Waals surface area contributed by atoms with Crippen molar-refractivity contribution in [1.82, 2.24) is 10.2 Å². The fourth-order valence-corrected chi connectivity index (χ4v) is 8.70. The lowest BCUT2D eigenvalue weighted by Gasteiger charge is -2.41. The van der Waals surface area contributed by atoms with Gasteiger partial charge in [-0.2, -0.15) is 0 Å². The average Bonchev–Trinajstić information content (AvgIpc) is 3.32. The van der Waals surface area contributed by atoms with Crippen molar-refractivity contribution in [3.8, 4) is 11.1 Å². The number of aliphatic carboxylic acids is 1. The van der Waals surface area contributed by atoms with Crippen molar-refractivity contribution >= 4 is 11.9 Å². The van der Waals surface area contributed by atoms with Crippen molar-refractivity contribution in [3.63, 3.8) is 0 Å². The molecule has 8 heteroatoms. The van der Waals surface area contributed by atoms with Gasteiger partial charge in [0.25, 0.3) is 0 Å². The summed E-state index contributed by atoms with van der Waals surface area (Å²) in [5.41, 5.74) is 6.75. The number of unbranched alkanes of at least 4 members (excludes halogenated alkanes) is 1. The van der Waals surface area contributed by atoms with Crippen molar-refractivity contribution in [1.29, 1.82) is 0 Å². The molecule has 2 saturated heterocycles. The van der Waals surface area contributed by atoms with Gasteiger partial charge in [0.15, 0.2) is 6.29 Å². The zero-order valence-corrected chi connectivity index (χ0v) is 29.2. The predicted octanol–water partition coefficient (Wildman–Crippen LogP) is 7.55. The van der Waals surface area contributed by atoms with E-state index >= 15 is 0 Å². The Morgan fingerprint density at radius 1 is 0.898 bits per heavy atom. The smallest absolute Gasteiger partial charge is 0.303 e. The maximum atomic E-state index is 12.4. The summed E-state index contributed by atoms with van der Waals surface area (Å²) >= 11 is 0. The van der Waals surface area contributed by atoms with Crippen LogP contribution in [-0.2, 0) is 32.2 Å². The fourth-order valence-electron chi connectivity index (χ4n) is 8.70. The number of carboxylic acids is 1. The number of likely N-dealkylation sites (tertiary alicyclic amines) is 1. The van der Waals surface area contributed by atoms with E-state index in [1.807, 2.05) is 30.3 Å². The summed E-state index contributed by atoms with van der Waals surface area (Å²) in [5.74, 6) is -0.912. The van der Waals surface area contributed by atoms with Crippen LogP contribution in [0.4, 0.5) is 0 Å². The first-order valence-corrected chi connectivity index (χ1v) is 17.9. The van der Waals surface area contributed by atoms with Crippen molar-refractivity contribution < 1.29 is 29.3 Å². The van der Waals surface area contributed by atoms with E-state index < -0.39 is 12.3 Å². The van der Waals surface area contributed by atoms with Crippen LogP contribution in [0.25, 0.3) is 11.1 Å². The van der Waals surface area contributed by atoms with E-state index in [9.17, 15) is 14.7 Å². The SMILES string of the molecule is CC1(C)CC2CC(C)(CN2C[C@H]2C[C@@H](c3ccc(CO)cc3)O[C@@H](c3ccc(-c4ccccc4CNC(=O)CCCCC(=O)O)cc3)O2)C1. The molecule has 2 bridgehead atoms. The first-order valence-electron chi connectivity index (χ1n) is 17.9. The van der Waals surface area contributed by atoms with Gasteiger partial charge in [-0.25, -0.2) is 0 Å². The molecule has 0 spiro atoms. The number of hydrogen-bond donors (Lipinski definition) is 3. The third-order valence-corrected chi connectivity index (χ3v) is 10.6. The summed E-state index contributed by atoms with van der Waals surface area (Å²) in [5, 5.41) is 21.4. The van der Waals surface area contributed by atoms with Crippen LogP contribution in [-0.4, -0.2) is 52.2 Å². The molecule has 3 aromatic rings. The number of fused-ring (bicyclic) bond motifs is 2. The van der Waals surface area contributed by atoms with E-state index in [0.717, 1.165) is 52.9 Å². The molecule has 0 aromatic heterocycles. The molecule has 5 atom stereocenters. The lowest BCUT2D eigenvalue weighted by atomic mass is 9.65. The van der Waals surface area contributed by atoms with E-state index in [1.54, 1.807) is 0 Å². The third-order valence-electron chi connectivity index (χ3n) is 10.6. The number of benzene rings is 3. The summed E-state index contributed by atoms with van der Waals surface area (Å²) in [6.45, 7) is 9.70. The summed E-state index contributed by atoms with van der Waals surface area (Å²) in [6.07, 6.45) is 5.34. The maximum absolute atomic E-state index is 12.4. The summed E-state index contributed by atoms with van der Waals surface area (Å²) in [6, 6.07) is 25.1. The Labute approximate surface area is 290 Å². The Bertz CT molecular complexity index is 1590. The second kappa shape index (κ2) is 15.1. The number of carbonyl (C=O) groups is 2. The number of amides is 1. The molecule has 1 amide bonds. The fraction of sp³-hybridized carbons (Fsp3) is 0.512. The highest BCUT2D eigenvalue weighted by Crippen LogP contribution is 2.53. The van der Waals surface area contributed by atoms with Crippen molar-refractivity contribution in [2.45, 2.75) is 110 Å². The molecular weight excluding hydrogens is 616 g/mol. The minimum Gasteiger partial charge on any atom is -0.481 e. The van der Waals surface area contributed by atoms with Gasteiger partial charge in [0, 0.05) is 50.5 Å². The Balaban J connectivity index is 1.16. The van der Waals surface area contributed by atoms with Gasteiger partial charge >= 0.3 is 5.97 Å². The second-order valence-electron chi connectivity index (χ2n) is 15.7. The molecule has 8 nitrogen and oxygen atoms in total. The van der Waals surface area contributed by atoms with Crippen LogP contribution in [0.3, 0.4) is 0 Å². The molecule has 3 aliphatic rings. The maximum Gasteiger partial charge on any atom is 0.303 e. The molecule has 3 N–H and O–H groups in total. The third kappa shape index (κ3) is 8.97. The summed E-state index contributed by atoms with van der Waals surface area (Å²) in [7, 11) is 0. The molecule has 3 fully saturated rings. The van der Waals surface area contributed by atoms with Crippen LogP contribution >= 0.6 is 0 Å². The minimum absolute atomic E-state index is 0.0143. The van der Waals surface area contributed by atoms with Gasteiger partial charge in [-0.1, -0.05) is 93.6 Å². The van der Waals surface area contributed by atoms with Gasteiger partial charge in [-0.05, 0) is 70.8 Å². The largest absolute Gasteiger partial charge is 0.481 e. The number of aliphatic hydroxyl groups is 1. The number of carboxylic acid groups (broad SMARTS) is 1. The van der Waals surface area contributed by atoms with E-state index in [0.29, 0.717) is 42.7 Å². The molecule has 0 radical (unpaired) electrons. The topological polar surface area (TPSA) is 108 Å². The van der Waals surface area contributed by atoms with Crippen molar-refractivity contribution in [2.24, 2.45) is 10.8 Å². The van der Waals surface area contributed by atoms with E-state index in [-0.39, 0.29) is 31.1 Å². The lowest BCUT2D eigenvalue weighted by Crippen LogP contribution is -2.42. The van der Waals surface area contributed by atoms with Crippen LogP contribution in [0.5, 0.6) is 0 Å². The normalized spacial score (nSPS) is 26.4. The van der Waals surface area contributed by atoms with Crippen LogP contribution in [0, 0.1) is 10.8 Å². The zero-order valence-electron chi connectivity index (χ0n) is 29.2. The van der Waals surface area contributed by atoms with E-state index in [2.05, 4.69) is 73.5 Å². The number of aliphatic hydroxyl groups excluding tert-OH is 1. The monoisotopic (exact) mass is 668 g/mol. The van der Waals surface area contributed by atoms with Crippen molar-refractivity contribution in [3.05, 3.63) is 95.1 Å². The highest BCUT2D eigenvalue weighted by Gasteiger charge is 2.50. The zero-order chi connectivity index (χ0) is 34.6. The highest BCUT2D eigenvalue weighted by atomic mass is 16.7. The van der Waals surface area contributed by atoms with Crippen LogP contribution in [0.2, 0.25) is 0 Å². The van der Waals surface area contributed by atoms with Crippen molar-refractivity contribution in [2.75, 3.05) is 13.1 Å². The quantitative estimate of drug-likeness (QED) is 0.161. The minimum atomic E-state index is -0.835. The Kier molecular flexibility index (Phi) is 10.9. The number of hydrogen-bond acceptors (Lipinski definition) is 6. The molecule has 2 heterocycles. The average molecular weight is 669 g/mol. The molecule has 1 saturated carbocycles. The lowest BCUT2D eigenvalue weighted by molar-refractivity contribution is -0.253. The van der Waals surface area contributed by atoms with Crippen LogP contribution < -0.4 is 5.32 Å². The van der Waals surface area contributed by atoms with Gasteiger partial charge in [0.2, 0.25) is 5.91 Å². The molecule has 6 rings (SSSR count). The van der Waals surface area contributed by atoms with E-state index in [1.165, 1.54) is 19.3 Å². The number of nitrogens with zero attached hydrogens (tertiary/aromatic N) is 1. The van der Waals surface area contributed by atoms with Crippen LogP contribution in [0.1, 0.15) is 107 Å². The Morgan fingerprint density at radius 3 is 2.35 bits per heavy atom. The predicted molar refractivity (Wildman–Crippen MR) is 189 cm³/mol. The Morgan fingerprint density at radius 2 is 1.61 bits per heavy atom. The molecule has 262 valence electrons. The molecule has 3 aromatic carbocycles. The molecule has 49 heavy (non-hydrogen) atoms. The van der Waals surface area contributed by atoms with Gasteiger partial charge in [-0.3, -0.25) is 14.5 Å². The number of ether oxygens (including phenoxy) is 2. The second-order valence-corrected chi connectivity index (χ2v) is 15.7. The van der Waals surface area contributed by atoms with Gasteiger partial charge < -0.3 is 25.0 Å². The first-order chi connectivity index (χ1) is 23.5. The number of rotatable bonds is 13. The highest BCUT2D eigenvalue weighted by molar-refractivity contribution is 5.76. The van der Waals surface area contributed by atoms with Gasteiger partial charge in [-0.15, -0.1) is 0 Å². The van der Waals surface area contributed by atoms with Gasteiger partial charge in [0.1, 0.15) is 0 Å². The van der Waals surface area contributed by atoms with Gasteiger partial charge in [0.05, 0.1) is 18.8 Å². The Hall–Kier alpha value is -3.56. The van der Waals surface area contributed by atoms with Crippen LogP contribution in [0.15, 0.2) is 72.8 Å². The first kappa shape index (κ1) is 35.3. The number of carbonyl (C=O) groups excluding carboxylic acids is 1. The molecule has 2 aliphatic heterocycles. The summed E-state index contributed by atoms with van der Waals surface area (Å²) < 4.78 is 13.4. The molecular formula is C41H52N2O6. The number of nitrogens with one attached hydrogen (secondary N) is 1. The molecule has 2 unspecified atom stereocenters. The van der Waals surface area contributed by atoms with E-state index in [4.69, 9.17) is 14.6 Å².